The van der Waals surface area contributed by atoms with Crippen molar-refractivity contribution in [3.8, 4) is 5.75 Å². The fourth-order valence-electron chi connectivity index (χ4n) is 2.68. The molecule has 6 nitrogen and oxygen atoms in total. The van der Waals surface area contributed by atoms with Crippen LogP contribution in [0.1, 0.15) is 37.5 Å². The lowest BCUT2D eigenvalue weighted by molar-refractivity contribution is -0.137. The smallest absolute Gasteiger partial charge is 0.418 e. The van der Waals surface area contributed by atoms with Gasteiger partial charge in [0.15, 0.2) is 6.61 Å². The van der Waals surface area contributed by atoms with Gasteiger partial charge in [0.1, 0.15) is 5.75 Å². The van der Waals surface area contributed by atoms with E-state index in [0.717, 1.165) is 24.0 Å². The minimum atomic E-state index is -4.77. The van der Waals surface area contributed by atoms with E-state index in [1.165, 1.54) is 6.07 Å². The number of hydrogen-bond acceptors (Lipinski definition) is 4. The third-order valence-electron chi connectivity index (χ3n) is 4.26. The Bertz CT molecular complexity index is 1030. The first-order valence-electron chi connectivity index (χ1n) is 9.33. The van der Waals surface area contributed by atoms with Gasteiger partial charge in [-0.2, -0.15) is 13.2 Å². The monoisotopic (exact) mass is 458 g/mol. The molecule has 0 bridgehead atoms. The largest absolute Gasteiger partial charge is 0.484 e. The van der Waals surface area contributed by atoms with Crippen LogP contribution in [0, 0.1) is 0 Å². The van der Waals surface area contributed by atoms with Crippen molar-refractivity contribution in [2.75, 3.05) is 17.6 Å². The van der Waals surface area contributed by atoms with Crippen LogP contribution in [-0.2, 0) is 33.0 Å². The first-order valence-corrected chi connectivity index (χ1v) is 11.2. The van der Waals surface area contributed by atoms with Crippen LogP contribution in [0.25, 0.3) is 0 Å². The zero-order valence-corrected chi connectivity index (χ0v) is 18.4. The van der Waals surface area contributed by atoms with Crippen LogP contribution in [0.5, 0.6) is 5.75 Å². The van der Waals surface area contributed by atoms with E-state index in [1.54, 1.807) is 12.1 Å². The van der Waals surface area contributed by atoms with Gasteiger partial charge in [-0.1, -0.05) is 39.0 Å². The lowest BCUT2D eigenvalue weighted by Gasteiger charge is -2.19. The van der Waals surface area contributed by atoms with Crippen molar-refractivity contribution in [2.24, 2.45) is 0 Å². The second-order valence-corrected chi connectivity index (χ2v) is 9.84. The predicted octanol–water partition coefficient (Wildman–Crippen LogP) is 4.07. The van der Waals surface area contributed by atoms with Gasteiger partial charge in [-0.25, -0.2) is 8.42 Å². The van der Waals surface area contributed by atoms with E-state index >= 15 is 0 Å². The molecule has 0 aromatic heterocycles. The highest BCUT2D eigenvalue weighted by molar-refractivity contribution is 7.92. The van der Waals surface area contributed by atoms with Crippen molar-refractivity contribution < 1.29 is 31.1 Å². The SMILES string of the molecule is CC(C)(C)c1ccc(OCC(=O)NCc2ccc(NS(C)(=O)=O)c(C(F)(F)F)c2)cc1. The van der Waals surface area contributed by atoms with Crippen LogP contribution >= 0.6 is 0 Å². The van der Waals surface area contributed by atoms with Crippen molar-refractivity contribution in [3.05, 3.63) is 59.2 Å². The zero-order valence-electron chi connectivity index (χ0n) is 17.6. The van der Waals surface area contributed by atoms with E-state index in [1.807, 2.05) is 16.9 Å². The summed E-state index contributed by atoms with van der Waals surface area (Å²) < 4.78 is 69.6. The molecular formula is C21H25F3N2O4S. The van der Waals surface area contributed by atoms with Gasteiger partial charge in [0.05, 0.1) is 17.5 Å². The fourth-order valence-corrected chi connectivity index (χ4v) is 3.25. The van der Waals surface area contributed by atoms with E-state index in [4.69, 9.17) is 4.74 Å². The Kier molecular flexibility index (Phi) is 7.25. The van der Waals surface area contributed by atoms with Gasteiger partial charge in [-0.05, 0) is 40.8 Å². The molecule has 31 heavy (non-hydrogen) atoms. The number of carbonyl (C=O) groups is 1. The van der Waals surface area contributed by atoms with Crippen LogP contribution in [0.4, 0.5) is 18.9 Å². The molecule has 0 aliphatic carbocycles. The molecule has 0 unspecified atom stereocenters. The highest BCUT2D eigenvalue weighted by Crippen LogP contribution is 2.36. The van der Waals surface area contributed by atoms with Gasteiger partial charge in [0.2, 0.25) is 10.0 Å². The zero-order chi connectivity index (χ0) is 23.4. The molecular weight excluding hydrogens is 433 g/mol. The lowest BCUT2D eigenvalue weighted by atomic mass is 9.87. The predicted molar refractivity (Wildman–Crippen MR) is 112 cm³/mol. The van der Waals surface area contributed by atoms with Crippen LogP contribution < -0.4 is 14.8 Å². The standard InChI is InChI=1S/C21H25F3N2O4S/c1-20(2,3)15-6-8-16(9-7-15)30-13-19(27)25-12-14-5-10-18(26-31(4,28)29)17(11-14)21(22,23)24/h5-11,26H,12-13H2,1-4H3,(H,25,27). The maximum absolute atomic E-state index is 13.3. The van der Waals surface area contributed by atoms with Crippen molar-refractivity contribution in [3.63, 3.8) is 0 Å². The third kappa shape index (κ3) is 7.78. The molecule has 170 valence electrons. The Morgan fingerprint density at radius 3 is 2.16 bits per heavy atom. The molecule has 0 aliphatic rings. The van der Waals surface area contributed by atoms with Gasteiger partial charge in [-0.15, -0.1) is 0 Å². The Labute approximate surface area is 179 Å². The normalized spacial score (nSPS) is 12.4. The summed E-state index contributed by atoms with van der Waals surface area (Å²) in [6.07, 6.45) is -4.01. The summed E-state index contributed by atoms with van der Waals surface area (Å²) in [5, 5.41) is 2.48. The fraction of sp³-hybridized carbons (Fsp3) is 0.381. The highest BCUT2D eigenvalue weighted by Gasteiger charge is 2.34. The molecule has 0 spiro atoms. The topological polar surface area (TPSA) is 84.5 Å². The molecule has 2 aromatic carbocycles. The molecule has 0 atom stereocenters. The van der Waals surface area contributed by atoms with Gasteiger partial charge in [0, 0.05) is 6.54 Å². The maximum Gasteiger partial charge on any atom is 0.418 e. The average Bonchev–Trinajstić information content (AvgIpc) is 2.63. The molecule has 1 amide bonds. The van der Waals surface area contributed by atoms with Crippen LogP contribution in [0.15, 0.2) is 42.5 Å². The van der Waals surface area contributed by atoms with E-state index in [2.05, 4.69) is 26.1 Å². The Balaban J connectivity index is 1.98. The summed E-state index contributed by atoms with van der Waals surface area (Å²) in [6.45, 7) is 5.75. The molecule has 0 saturated heterocycles. The molecule has 0 aliphatic heterocycles. The summed E-state index contributed by atoms with van der Waals surface area (Å²) in [4.78, 5) is 12.0. The first kappa shape index (κ1) is 24.5. The van der Waals surface area contributed by atoms with Crippen molar-refractivity contribution in [1.29, 1.82) is 0 Å². The van der Waals surface area contributed by atoms with Crippen molar-refractivity contribution >= 4 is 21.6 Å². The number of hydrogen-bond donors (Lipinski definition) is 2. The molecule has 0 radical (unpaired) electrons. The summed E-state index contributed by atoms with van der Waals surface area (Å²) in [7, 11) is -3.88. The molecule has 0 heterocycles. The minimum absolute atomic E-state index is 0.0163. The van der Waals surface area contributed by atoms with E-state index in [-0.39, 0.29) is 24.1 Å². The minimum Gasteiger partial charge on any atom is -0.484 e. The van der Waals surface area contributed by atoms with Gasteiger partial charge >= 0.3 is 6.18 Å². The number of rotatable bonds is 7. The number of nitrogens with one attached hydrogen (secondary N) is 2. The van der Waals surface area contributed by atoms with E-state index in [0.29, 0.717) is 5.75 Å². The Hall–Kier alpha value is -2.75. The van der Waals surface area contributed by atoms with Crippen LogP contribution in [0.3, 0.4) is 0 Å². The second-order valence-electron chi connectivity index (χ2n) is 8.09. The number of anilines is 1. The lowest BCUT2D eigenvalue weighted by Crippen LogP contribution is -2.28. The number of carbonyl (C=O) groups excluding carboxylic acids is 1. The molecule has 0 fully saturated rings. The molecule has 2 aromatic rings. The summed E-state index contributed by atoms with van der Waals surface area (Å²) >= 11 is 0. The van der Waals surface area contributed by atoms with Crippen LogP contribution in [-0.4, -0.2) is 27.2 Å². The number of halogens is 3. The van der Waals surface area contributed by atoms with Gasteiger partial charge in [0.25, 0.3) is 5.91 Å². The molecule has 0 saturated carbocycles. The quantitative estimate of drug-likeness (QED) is 0.655. The number of ether oxygens (including phenoxy) is 1. The summed E-state index contributed by atoms with van der Waals surface area (Å²) in [5.74, 6) is -0.00879. The average molecular weight is 459 g/mol. The first-order chi connectivity index (χ1) is 14.1. The van der Waals surface area contributed by atoms with Gasteiger partial charge < -0.3 is 10.1 Å². The second kappa shape index (κ2) is 9.17. The summed E-state index contributed by atoms with van der Waals surface area (Å²) in [5.41, 5.74) is -0.461. The number of benzene rings is 2. The Morgan fingerprint density at radius 1 is 1.03 bits per heavy atom. The number of alkyl halides is 3. The third-order valence-corrected chi connectivity index (χ3v) is 4.86. The van der Waals surface area contributed by atoms with Gasteiger partial charge in [-0.3, -0.25) is 9.52 Å². The number of sulfonamides is 1. The summed E-state index contributed by atoms with van der Waals surface area (Å²) in [6, 6.07) is 10.4. The van der Waals surface area contributed by atoms with Crippen molar-refractivity contribution in [2.45, 2.75) is 38.9 Å². The Morgan fingerprint density at radius 2 is 1.65 bits per heavy atom. The number of amides is 1. The van der Waals surface area contributed by atoms with Crippen molar-refractivity contribution in [1.82, 2.24) is 5.32 Å². The molecule has 10 heteroatoms. The maximum atomic E-state index is 13.3. The highest BCUT2D eigenvalue weighted by atomic mass is 32.2. The van der Waals surface area contributed by atoms with Crippen LogP contribution in [0.2, 0.25) is 0 Å². The van der Waals surface area contributed by atoms with E-state index < -0.39 is 33.4 Å². The molecule has 2 rings (SSSR count). The molecule has 2 N–H and O–H groups in total. The van der Waals surface area contributed by atoms with E-state index in [9.17, 15) is 26.4 Å².